The number of nitrogens with zero attached hydrogens (tertiary/aromatic N) is 5. The largest absolute Gasteiger partial charge is 0.478 e. The molecule has 5 N–H and O–H groups in total. The number of hydrogen-bond donors (Lipinski definition) is 4. The van der Waals surface area contributed by atoms with E-state index in [4.69, 9.17) is 10.6 Å². The minimum Gasteiger partial charge on any atom is -0.478 e. The third kappa shape index (κ3) is 2.16. The van der Waals surface area contributed by atoms with Crippen molar-refractivity contribution in [3.63, 3.8) is 0 Å². The van der Waals surface area contributed by atoms with Crippen molar-refractivity contribution in [1.29, 1.82) is 0 Å². The van der Waals surface area contributed by atoms with Gasteiger partial charge in [-0.15, -0.1) is 0 Å². The summed E-state index contributed by atoms with van der Waals surface area (Å²) in [6.07, 6.45) is 5.08. The van der Waals surface area contributed by atoms with Crippen molar-refractivity contribution in [1.82, 2.24) is 29.2 Å². The molecule has 28 heavy (non-hydrogen) atoms. The van der Waals surface area contributed by atoms with Gasteiger partial charge in [-0.2, -0.15) is 0 Å². The van der Waals surface area contributed by atoms with Crippen LogP contribution in [0.3, 0.4) is 0 Å². The van der Waals surface area contributed by atoms with Crippen molar-refractivity contribution in [2.75, 3.05) is 11.6 Å². The van der Waals surface area contributed by atoms with E-state index in [-0.39, 0.29) is 11.3 Å². The SMILES string of the molecule is CCOc1[nH]n2ccnc2c1N(N)c1cc2c(cc1C(=O)O)nc1cc[nH]n12. The van der Waals surface area contributed by atoms with Gasteiger partial charge in [-0.05, 0) is 19.1 Å². The van der Waals surface area contributed by atoms with Crippen LogP contribution in [0.15, 0.2) is 36.8 Å². The number of nitrogens with one attached hydrogen (secondary N) is 2. The Balaban J connectivity index is 1.77. The number of ether oxygens (including phenoxy) is 1. The molecule has 5 rings (SSSR count). The summed E-state index contributed by atoms with van der Waals surface area (Å²) < 4.78 is 9.05. The Morgan fingerprint density at radius 3 is 3.07 bits per heavy atom. The second-order valence-corrected chi connectivity index (χ2v) is 6.14. The van der Waals surface area contributed by atoms with Crippen molar-refractivity contribution in [3.8, 4) is 5.88 Å². The number of carbonyl (C=O) groups is 1. The van der Waals surface area contributed by atoms with Gasteiger partial charge in [-0.25, -0.2) is 29.6 Å². The number of rotatable bonds is 5. The first kappa shape index (κ1) is 16.2. The first-order chi connectivity index (χ1) is 13.6. The van der Waals surface area contributed by atoms with Crippen molar-refractivity contribution < 1.29 is 14.6 Å². The fourth-order valence-electron chi connectivity index (χ4n) is 3.35. The third-order valence-corrected chi connectivity index (χ3v) is 4.54. The molecule has 0 unspecified atom stereocenters. The average molecular weight is 380 g/mol. The van der Waals surface area contributed by atoms with Crippen molar-refractivity contribution >= 4 is 39.7 Å². The minimum atomic E-state index is -1.11. The molecular formula is C17H16N8O3. The van der Waals surface area contributed by atoms with Gasteiger partial charge in [-0.3, -0.25) is 15.2 Å². The number of hydrazine groups is 1. The summed E-state index contributed by atoms with van der Waals surface area (Å²) in [5, 5.41) is 17.1. The minimum absolute atomic E-state index is 0.0177. The number of aromatic carboxylic acids is 1. The second-order valence-electron chi connectivity index (χ2n) is 6.14. The lowest BCUT2D eigenvalue weighted by Gasteiger charge is -2.20. The Bertz CT molecular complexity index is 1340. The van der Waals surface area contributed by atoms with Gasteiger partial charge in [0.25, 0.3) is 0 Å². The van der Waals surface area contributed by atoms with Crippen LogP contribution in [0.25, 0.3) is 22.3 Å². The molecule has 0 aliphatic carbocycles. The highest BCUT2D eigenvalue weighted by Gasteiger charge is 2.25. The van der Waals surface area contributed by atoms with Crippen LogP contribution in [0, 0.1) is 0 Å². The molecule has 0 aliphatic rings. The lowest BCUT2D eigenvalue weighted by Crippen LogP contribution is -2.27. The van der Waals surface area contributed by atoms with Crippen LogP contribution in [-0.2, 0) is 0 Å². The lowest BCUT2D eigenvalue weighted by atomic mass is 10.1. The van der Waals surface area contributed by atoms with Gasteiger partial charge >= 0.3 is 5.97 Å². The first-order valence-corrected chi connectivity index (χ1v) is 8.54. The normalized spacial score (nSPS) is 11.6. The molecule has 0 fully saturated rings. The summed E-state index contributed by atoms with van der Waals surface area (Å²) in [6.45, 7) is 2.25. The molecule has 0 saturated heterocycles. The van der Waals surface area contributed by atoms with E-state index in [0.717, 1.165) is 0 Å². The maximum atomic E-state index is 11.9. The molecule has 0 atom stereocenters. The van der Waals surface area contributed by atoms with Gasteiger partial charge in [-0.1, -0.05) is 0 Å². The number of hydrogen-bond acceptors (Lipinski definition) is 6. The van der Waals surface area contributed by atoms with Gasteiger partial charge in [0.05, 0.1) is 28.9 Å². The highest BCUT2D eigenvalue weighted by Crippen LogP contribution is 2.37. The maximum Gasteiger partial charge on any atom is 0.337 e. The average Bonchev–Trinajstić information content (AvgIpc) is 3.40. The molecule has 142 valence electrons. The smallest absolute Gasteiger partial charge is 0.337 e. The fourth-order valence-corrected chi connectivity index (χ4v) is 3.35. The Morgan fingerprint density at radius 1 is 1.43 bits per heavy atom. The van der Waals surface area contributed by atoms with E-state index in [9.17, 15) is 9.90 Å². The zero-order valence-corrected chi connectivity index (χ0v) is 14.7. The molecule has 0 bridgehead atoms. The van der Waals surface area contributed by atoms with Gasteiger partial charge < -0.3 is 9.84 Å². The van der Waals surface area contributed by atoms with Crippen LogP contribution < -0.4 is 15.6 Å². The van der Waals surface area contributed by atoms with E-state index < -0.39 is 5.97 Å². The number of aromatic nitrogens is 6. The van der Waals surface area contributed by atoms with Crippen LogP contribution in [-0.4, -0.2) is 46.9 Å². The highest BCUT2D eigenvalue weighted by molar-refractivity contribution is 6.02. The quantitative estimate of drug-likeness (QED) is 0.269. The maximum absolute atomic E-state index is 11.9. The molecule has 0 radical (unpaired) electrons. The molecule has 11 heteroatoms. The van der Waals surface area contributed by atoms with Crippen LogP contribution in [0.2, 0.25) is 0 Å². The van der Waals surface area contributed by atoms with Crippen molar-refractivity contribution in [2.24, 2.45) is 5.84 Å². The number of aromatic amines is 2. The topological polar surface area (TPSA) is 142 Å². The monoisotopic (exact) mass is 380 g/mol. The van der Waals surface area contributed by atoms with Crippen molar-refractivity contribution in [2.45, 2.75) is 6.92 Å². The molecule has 0 amide bonds. The molecule has 0 saturated carbocycles. The third-order valence-electron chi connectivity index (χ3n) is 4.54. The zero-order chi connectivity index (χ0) is 19.4. The van der Waals surface area contributed by atoms with Crippen LogP contribution in [0.1, 0.15) is 17.3 Å². The van der Waals surface area contributed by atoms with Gasteiger partial charge in [0.2, 0.25) is 5.88 Å². The number of nitrogens with two attached hydrogens (primary N) is 1. The zero-order valence-electron chi connectivity index (χ0n) is 14.7. The van der Waals surface area contributed by atoms with E-state index in [1.807, 2.05) is 6.92 Å². The fraction of sp³-hybridized carbons (Fsp3) is 0.118. The number of fused-ring (bicyclic) bond motifs is 4. The highest BCUT2D eigenvalue weighted by atomic mass is 16.5. The summed E-state index contributed by atoms with van der Waals surface area (Å²) in [7, 11) is 0. The van der Waals surface area contributed by atoms with Crippen LogP contribution >= 0.6 is 0 Å². The Hall–Kier alpha value is -3.99. The second kappa shape index (κ2) is 5.76. The lowest BCUT2D eigenvalue weighted by molar-refractivity contribution is 0.0697. The molecular weight excluding hydrogens is 364 g/mol. The molecule has 1 aromatic carbocycles. The summed E-state index contributed by atoms with van der Waals surface area (Å²) in [5.74, 6) is 5.69. The molecule has 4 aromatic heterocycles. The molecule has 11 nitrogen and oxygen atoms in total. The summed E-state index contributed by atoms with van der Waals surface area (Å²) in [6, 6.07) is 4.98. The number of carboxylic acid groups (broad SMARTS) is 1. The van der Waals surface area contributed by atoms with Crippen LogP contribution in [0.4, 0.5) is 11.4 Å². The number of benzene rings is 1. The molecule has 4 heterocycles. The van der Waals surface area contributed by atoms with E-state index >= 15 is 0 Å². The van der Waals surface area contributed by atoms with E-state index in [1.54, 1.807) is 39.8 Å². The number of H-pyrrole nitrogens is 2. The van der Waals surface area contributed by atoms with E-state index in [1.165, 1.54) is 11.1 Å². The van der Waals surface area contributed by atoms with Gasteiger partial charge in [0, 0.05) is 24.7 Å². The number of carboxylic acids is 1. The number of anilines is 2. The van der Waals surface area contributed by atoms with Crippen LogP contribution in [0.5, 0.6) is 5.88 Å². The van der Waals surface area contributed by atoms with Gasteiger partial charge in [0.15, 0.2) is 17.0 Å². The van der Waals surface area contributed by atoms with E-state index in [2.05, 4.69) is 20.2 Å². The first-order valence-electron chi connectivity index (χ1n) is 8.54. The van der Waals surface area contributed by atoms with Gasteiger partial charge in [0.1, 0.15) is 0 Å². The molecule has 0 spiro atoms. The van der Waals surface area contributed by atoms with Crippen molar-refractivity contribution in [3.05, 3.63) is 42.4 Å². The predicted octanol–water partition coefficient (Wildman–Crippen LogP) is 1.90. The summed E-state index contributed by atoms with van der Waals surface area (Å²) >= 11 is 0. The Labute approximate surface area is 156 Å². The Morgan fingerprint density at radius 2 is 2.29 bits per heavy atom. The Kier molecular flexibility index (Phi) is 3.33. The predicted molar refractivity (Wildman–Crippen MR) is 101 cm³/mol. The summed E-state index contributed by atoms with van der Waals surface area (Å²) in [5.41, 5.74) is 3.17. The number of imidazole rings is 2. The standard InChI is InChI=1S/C17H16N8O3/c1-2-28-16-14(15-19-5-6-23(15)22-16)24(18)11-8-12-10(7-9(11)17(26)27)21-13-3-4-20-25(12)13/h3-8,20,22H,2,18H2,1H3,(H,26,27). The summed E-state index contributed by atoms with van der Waals surface area (Å²) in [4.78, 5) is 20.7. The van der Waals surface area contributed by atoms with E-state index in [0.29, 0.717) is 40.5 Å². The molecule has 5 aromatic rings. The molecule has 0 aliphatic heterocycles.